The Bertz CT molecular complexity index is 1100. The largest absolute Gasteiger partial charge is 0.489 e. The van der Waals surface area contributed by atoms with Gasteiger partial charge in [0.15, 0.2) is 5.76 Å². The summed E-state index contributed by atoms with van der Waals surface area (Å²) in [5.41, 5.74) is 3.60. The standard InChI is InChI=1S/C24H18Cl2O3/c1-2-15-3-5-16(6-4-15)12-23-24(27)19-9-8-18(13-22(19)29-23)28-14-17-7-10-20(25)21(26)11-17/h3-13H,2,14H2,1H3. The van der Waals surface area contributed by atoms with Crippen LogP contribution in [0.25, 0.3) is 6.08 Å². The molecule has 0 amide bonds. The average molecular weight is 425 g/mol. The molecule has 146 valence electrons. The third-order valence-electron chi connectivity index (χ3n) is 4.72. The molecule has 0 saturated heterocycles. The first-order chi connectivity index (χ1) is 14.0. The first-order valence-corrected chi connectivity index (χ1v) is 10.0. The van der Waals surface area contributed by atoms with Crippen molar-refractivity contribution in [2.45, 2.75) is 20.0 Å². The van der Waals surface area contributed by atoms with Gasteiger partial charge in [-0.1, -0.05) is 60.5 Å². The Morgan fingerprint density at radius 3 is 2.41 bits per heavy atom. The fourth-order valence-electron chi connectivity index (χ4n) is 3.05. The molecule has 1 heterocycles. The van der Waals surface area contributed by atoms with Crippen LogP contribution in [0, 0.1) is 0 Å². The van der Waals surface area contributed by atoms with Crippen LogP contribution in [0.5, 0.6) is 11.5 Å². The highest BCUT2D eigenvalue weighted by Crippen LogP contribution is 2.35. The number of carbonyl (C=O) groups excluding carboxylic acids is 1. The Kier molecular flexibility index (Phi) is 5.61. The van der Waals surface area contributed by atoms with Crippen molar-refractivity contribution in [1.29, 1.82) is 0 Å². The fraction of sp³-hybridized carbons (Fsp3) is 0.125. The number of halogens is 2. The molecule has 1 aliphatic rings. The molecule has 0 fully saturated rings. The molecule has 0 aromatic heterocycles. The van der Waals surface area contributed by atoms with E-state index in [4.69, 9.17) is 32.7 Å². The van der Waals surface area contributed by atoms with E-state index in [0.717, 1.165) is 17.5 Å². The Balaban J connectivity index is 1.49. The minimum absolute atomic E-state index is 0.129. The number of benzene rings is 3. The van der Waals surface area contributed by atoms with Gasteiger partial charge in [0.1, 0.15) is 18.1 Å². The highest BCUT2D eigenvalue weighted by atomic mass is 35.5. The van der Waals surface area contributed by atoms with Crippen molar-refractivity contribution in [3.8, 4) is 11.5 Å². The predicted molar refractivity (Wildman–Crippen MR) is 116 cm³/mol. The summed E-state index contributed by atoms with van der Waals surface area (Å²) in [6.07, 6.45) is 2.74. The third-order valence-corrected chi connectivity index (χ3v) is 5.46. The number of ether oxygens (including phenoxy) is 2. The van der Waals surface area contributed by atoms with E-state index in [2.05, 4.69) is 6.92 Å². The van der Waals surface area contributed by atoms with Crippen LogP contribution in [0.15, 0.2) is 66.4 Å². The molecule has 3 nitrogen and oxygen atoms in total. The van der Waals surface area contributed by atoms with Gasteiger partial charge in [-0.3, -0.25) is 4.79 Å². The maximum absolute atomic E-state index is 12.6. The monoisotopic (exact) mass is 424 g/mol. The molecule has 0 unspecified atom stereocenters. The molecule has 5 heteroatoms. The predicted octanol–water partition coefficient (Wildman–Crippen LogP) is 6.75. The van der Waals surface area contributed by atoms with Crippen LogP contribution in [0.2, 0.25) is 10.0 Å². The summed E-state index contributed by atoms with van der Waals surface area (Å²) in [6.45, 7) is 2.44. The van der Waals surface area contributed by atoms with E-state index < -0.39 is 0 Å². The molecule has 0 saturated carbocycles. The van der Waals surface area contributed by atoms with Crippen LogP contribution >= 0.6 is 23.2 Å². The van der Waals surface area contributed by atoms with Crippen LogP contribution in [0.4, 0.5) is 0 Å². The van der Waals surface area contributed by atoms with E-state index in [0.29, 0.717) is 39.5 Å². The van der Waals surface area contributed by atoms with Gasteiger partial charge in [-0.15, -0.1) is 0 Å². The molecule has 0 spiro atoms. The van der Waals surface area contributed by atoms with E-state index in [1.807, 2.05) is 30.3 Å². The average Bonchev–Trinajstić information content (AvgIpc) is 3.04. The van der Waals surface area contributed by atoms with E-state index in [-0.39, 0.29) is 5.78 Å². The zero-order valence-corrected chi connectivity index (χ0v) is 17.3. The zero-order chi connectivity index (χ0) is 20.4. The number of fused-ring (bicyclic) bond motifs is 1. The summed E-state index contributed by atoms with van der Waals surface area (Å²) >= 11 is 12.0. The molecule has 0 bridgehead atoms. The van der Waals surface area contributed by atoms with Crippen molar-refractivity contribution in [3.63, 3.8) is 0 Å². The lowest BCUT2D eigenvalue weighted by Crippen LogP contribution is -1.98. The molecule has 0 aliphatic carbocycles. The summed E-state index contributed by atoms with van der Waals surface area (Å²) in [5, 5.41) is 0.987. The molecular weight excluding hydrogens is 407 g/mol. The topological polar surface area (TPSA) is 35.5 Å². The fourth-order valence-corrected chi connectivity index (χ4v) is 3.37. The van der Waals surface area contributed by atoms with E-state index in [1.165, 1.54) is 5.56 Å². The van der Waals surface area contributed by atoms with E-state index in [1.54, 1.807) is 36.4 Å². The van der Waals surface area contributed by atoms with E-state index >= 15 is 0 Å². The van der Waals surface area contributed by atoms with Gasteiger partial charge in [0, 0.05) is 6.07 Å². The summed E-state index contributed by atoms with van der Waals surface area (Å²) in [4.78, 5) is 12.6. The molecule has 1 aliphatic heterocycles. The van der Waals surface area contributed by atoms with Crippen molar-refractivity contribution >= 4 is 35.1 Å². The van der Waals surface area contributed by atoms with Crippen molar-refractivity contribution in [2.24, 2.45) is 0 Å². The summed E-state index contributed by atoms with van der Waals surface area (Å²) in [7, 11) is 0. The van der Waals surface area contributed by atoms with Crippen LogP contribution in [-0.2, 0) is 13.0 Å². The third kappa shape index (κ3) is 4.31. The maximum atomic E-state index is 12.6. The second kappa shape index (κ2) is 8.32. The Hall–Kier alpha value is -2.75. The summed E-state index contributed by atoms with van der Waals surface area (Å²) in [6, 6.07) is 18.6. The second-order valence-corrected chi connectivity index (χ2v) is 7.54. The van der Waals surface area contributed by atoms with Crippen molar-refractivity contribution < 1.29 is 14.3 Å². The second-order valence-electron chi connectivity index (χ2n) is 6.73. The number of ketones is 1. The lowest BCUT2D eigenvalue weighted by molar-refractivity contribution is 0.101. The summed E-state index contributed by atoms with van der Waals surface area (Å²) < 4.78 is 11.6. The van der Waals surface area contributed by atoms with Gasteiger partial charge in [0.2, 0.25) is 5.78 Å². The molecule has 3 aromatic carbocycles. The number of hydrogen-bond acceptors (Lipinski definition) is 3. The lowest BCUT2D eigenvalue weighted by atomic mass is 10.1. The Morgan fingerprint density at radius 2 is 1.69 bits per heavy atom. The lowest BCUT2D eigenvalue weighted by Gasteiger charge is -2.08. The molecule has 0 atom stereocenters. The number of Topliss-reactive ketones (excluding diaryl/α,β-unsaturated/α-hetero) is 1. The van der Waals surface area contributed by atoms with Gasteiger partial charge in [-0.05, 0) is 53.5 Å². The SMILES string of the molecule is CCc1ccc(C=C2Oc3cc(OCc4ccc(Cl)c(Cl)c4)ccc3C2=O)cc1. The molecule has 4 rings (SSSR count). The maximum Gasteiger partial charge on any atom is 0.231 e. The highest BCUT2D eigenvalue weighted by molar-refractivity contribution is 6.42. The zero-order valence-electron chi connectivity index (χ0n) is 15.7. The van der Waals surface area contributed by atoms with Crippen molar-refractivity contribution in [3.05, 3.63) is 98.7 Å². The van der Waals surface area contributed by atoms with Gasteiger partial charge >= 0.3 is 0 Å². The van der Waals surface area contributed by atoms with Crippen LogP contribution in [0.1, 0.15) is 34.0 Å². The van der Waals surface area contributed by atoms with Gasteiger partial charge in [0.25, 0.3) is 0 Å². The quantitative estimate of drug-likeness (QED) is 0.424. The van der Waals surface area contributed by atoms with E-state index in [9.17, 15) is 4.79 Å². The minimum atomic E-state index is -0.129. The number of allylic oxidation sites excluding steroid dienone is 1. The van der Waals surface area contributed by atoms with Gasteiger partial charge in [-0.25, -0.2) is 0 Å². The van der Waals surface area contributed by atoms with Crippen LogP contribution in [0.3, 0.4) is 0 Å². The van der Waals surface area contributed by atoms with Gasteiger partial charge in [0.05, 0.1) is 15.6 Å². The number of carbonyl (C=O) groups is 1. The minimum Gasteiger partial charge on any atom is -0.489 e. The Labute approximate surface area is 179 Å². The summed E-state index contributed by atoms with van der Waals surface area (Å²) in [5.74, 6) is 1.29. The Morgan fingerprint density at radius 1 is 0.931 bits per heavy atom. The van der Waals surface area contributed by atoms with Crippen molar-refractivity contribution in [2.75, 3.05) is 0 Å². The molecule has 29 heavy (non-hydrogen) atoms. The van der Waals surface area contributed by atoms with Gasteiger partial charge in [-0.2, -0.15) is 0 Å². The van der Waals surface area contributed by atoms with Crippen LogP contribution < -0.4 is 9.47 Å². The smallest absolute Gasteiger partial charge is 0.231 e. The number of aryl methyl sites for hydroxylation is 1. The normalized spacial score (nSPS) is 14.0. The molecule has 0 radical (unpaired) electrons. The number of rotatable bonds is 5. The molecular formula is C24H18Cl2O3. The highest BCUT2D eigenvalue weighted by Gasteiger charge is 2.27. The van der Waals surface area contributed by atoms with Crippen molar-refractivity contribution in [1.82, 2.24) is 0 Å². The van der Waals surface area contributed by atoms with Crippen LogP contribution in [-0.4, -0.2) is 5.78 Å². The first-order valence-electron chi connectivity index (χ1n) is 9.27. The number of hydrogen-bond donors (Lipinski definition) is 0. The molecule has 0 N–H and O–H groups in total. The molecule has 3 aromatic rings. The van der Waals surface area contributed by atoms with Gasteiger partial charge < -0.3 is 9.47 Å². The first kappa shape index (κ1) is 19.6.